The summed E-state index contributed by atoms with van der Waals surface area (Å²) in [5.74, 6) is 0. The topological polar surface area (TPSA) is 50.7 Å². The first-order valence-corrected chi connectivity index (χ1v) is 8.81. The average molecular weight is 333 g/mol. The van der Waals surface area contributed by atoms with Gasteiger partial charge in [-0.05, 0) is 24.0 Å². The minimum Gasteiger partial charge on any atom is -0.355 e. The van der Waals surface area contributed by atoms with Gasteiger partial charge >= 0.3 is 0 Å². The van der Waals surface area contributed by atoms with Crippen LogP contribution in [0.4, 0.5) is 0 Å². The summed E-state index contributed by atoms with van der Waals surface area (Å²) in [5.41, 5.74) is 3.95. The van der Waals surface area contributed by atoms with Crippen molar-refractivity contribution in [1.82, 2.24) is 14.5 Å². The van der Waals surface area contributed by atoms with Gasteiger partial charge in [0.25, 0.3) is 5.56 Å². The lowest BCUT2D eigenvalue weighted by Gasteiger charge is -2.10. The highest BCUT2D eigenvalue weighted by molar-refractivity contribution is 7.98. The van der Waals surface area contributed by atoms with Crippen molar-refractivity contribution < 1.29 is 0 Å². The smallest absolute Gasteiger partial charge is 0.283 e. The van der Waals surface area contributed by atoms with Gasteiger partial charge in [0, 0.05) is 11.8 Å². The zero-order valence-electron chi connectivity index (χ0n) is 13.1. The number of nitrogens with zero attached hydrogens (tertiary/aromatic N) is 2. The van der Waals surface area contributed by atoms with Gasteiger partial charge in [-0.25, -0.2) is 4.98 Å². The van der Waals surface area contributed by atoms with Gasteiger partial charge in [-0.3, -0.25) is 9.36 Å². The molecule has 0 radical (unpaired) electrons. The van der Waals surface area contributed by atoms with E-state index < -0.39 is 0 Å². The number of aromatic nitrogens is 3. The Hall–Kier alpha value is -2.79. The molecule has 0 saturated heterocycles. The van der Waals surface area contributed by atoms with E-state index in [1.165, 1.54) is 11.8 Å². The highest BCUT2D eigenvalue weighted by atomic mass is 32.2. The normalized spacial score (nSPS) is 11.0. The third-order valence-electron chi connectivity index (χ3n) is 3.95. The molecule has 0 amide bonds. The average Bonchev–Trinajstić information content (AvgIpc) is 3.07. The molecule has 0 aliphatic heterocycles. The number of para-hydroxylation sites is 1. The van der Waals surface area contributed by atoms with Gasteiger partial charge in [-0.15, -0.1) is 0 Å². The lowest BCUT2D eigenvalue weighted by atomic mass is 10.1. The zero-order valence-corrected chi connectivity index (χ0v) is 13.9. The van der Waals surface area contributed by atoms with Crippen LogP contribution < -0.4 is 5.56 Å². The molecular weight excluding hydrogens is 318 g/mol. The molecule has 0 bridgehead atoms. The molecule has 0 atom stereocenters. The monoisotopic (exact) mass is 333 g/mol. The molecule has 0 aliphatic rings. The summed E-state index contributed by atoms with van der Waals surface area (Å²) < 4.78 is 1.65. The summed E-state index contributed by atoms with van der Waals surface area (Å²) in [5, 5.41) is 0.676. The van der Waals surface area contributed by atoms with E-state index in [0.717, 1.165) is 16.8 Å². The number of fused-ring (bicyclic) bond motifs is 1. The van der Waals surface area contributed by atoms with Crippen LogP contribution in [0.3, 0.4) is 0 Å². The van der Waals surface area contributed by atoms with E-state index in [0.29, 0.717) is 16.2 Å². The second-order valence-electron chi connectivity index (χ2n) is 5.37. The Labute approximate surface area is 143 Å². The van der Waals surface area contributed by atoms with Gasteiger partial charge in [-0.1, -0.05) is 60.3 Å². The molecule has 0 spiro atoms. The molecule has 4 rings (SSSR count). The molecule has 1 N–H and O–H groups in total. The minimum absolute atomic E-state index is 0.0854. The van der Waals surface area contributed by atoms with E-state index in [9.17, 15) is 4.79 Å². The molecule has 0 aliphatic carbocycles. The number of rotatable bonds is 3. The van der Waals surface area contributed by atoms with E-state index in [4.69, 9.17) is 4.98 Å². The van der Waals surface area contributed by atoms with Crippen molar-refractivity contribution >= 4 is 22.8 Å². The fourth-order valence-electron chi connectivity index (χ4n) is 2.82. The summed E-state index contributed by atoms with van der Waals surface area (Å²) in [7, 11) is 0. The fraction of sp³-hybridized carbons (Fsp3) is 0.0526. The van der Waals surface area contributed by atoms with E-state index in [1.807, 2.05) is 73.1 Å². The first-order chi connectivity index (χ1) is 11.8. The quantitative estimate of drug-likeness (QED) is 0.453. The number of benzene rings is 2. The molecule has 2 aromatic carbocycles. The molecule has 2 aromatic heterocycles. The fourth-order valence-corrected chi connectivity index (χ4v) is 3.37. The summed E-state index contributed by atoms with van der Waals surface area (Å²) in [6.07, 6.45) is 3.79. The van der Waals surface area contributed by atoms with E-state index in [-0.39, 0.29) is 5.56 Å². The van der Waals surface area contributed by atoms with E-state index >= 15 is 0 Å². The Kier molecular flexibility index (Phi) is 3.70. The number of H-pyrrole nitrogens is 1. The number of thioether (sulfide) groups is 1. The number of nitrogens with one attached hydrogen (secondary N) is 1. The van der Waals surface area contributed by atoms with Gasteiger partial charge in [0.15, 0.2) is 5.16 Å². The molecule has 4 nitrogen and oxygen atoms in total. The van der Waals surface area contributed by atoms with Gasteiger partial charge in [0.1, 0.15) is 11.0 Å². The predicted octanol–water partition coefficient (Wildman–Crippen LogP) is 4.10. The first-order valence-electron chi connectivity index (χ1n) is 7.58. The maximum absolute atomic E-state index is 13.0. The molecule has 0 fully saturated rings. The SMILES string of the molecule is CSc1nc2c(-c3ccccc3)c[nH]c2c(=O)n1-c1ccccc1. The van der Waals surface area contributed by atoms with Crippen LogP contribution in [0.15, 0.2) is 76.8 Å². The van der Waals surface area contributed by atoms with Crippen molar-refractivity contribution in [2.75, 3.05) is 6.26 Å². The Morgan fingerprint density at radius 2 is 1.67 bits per heavy atom. The Balaban J connectivity index is 2.02. The summed E-state index contributed by atoms with van der Waals surface area (Å²) in [6.45, 7) is 0. The van der Waals surface area contributed by atoms with Crippen molar-refractivity contribution in [2.24, 2.45) is 0 Å². The maximum atomic E-state index is 13.0. The zero-order chi connectivity index (χ0) is 16.5. The second kappa shape index (κ2) is 6.02. The number of hydrogen-bond donors (Lipinski definition) is 1. The minimum atomic E-state index is -0.0854. The van der Waals surface area contributed by atoms with E-state index in [2.05, 4.69) is 4.98 Å². The number of aromatic amines is 1. The number of hydrogen-bond acceptors (Lipinski definition) is 3. The van der Waals surface area contributed by atoms with Crippen LogP contribution in [0.5, 0.6) is 0 Å². The summed E-state index contributed by atoms with van der Waals surface area (Å²) in [6, 6.07) is 19.6. The van der Waals surface area contributed by atoms with Gasteiger partial charge < -0.3 is 4.98 Å². The maximum Gasteiger partial charge on any atom is 0.283 e. The predicted molar refractivity (Wildman–Crippen MR) is 98.9 cm³/mol. The Morgan fingerprint density at radius 3 is 2.33 bits per heavy atom. The third-order valence-corrected chi connectivity index (χ3v) is 4.59. The molecular formula is C19H15N3OS. The summed E-state index contributed by atoms with van der Waals surface area (Å²) >= 11 is 1.46. The van der Waals surface area contributed by atoms with Crippen LogP contribution in [0.2, 0.25) is 0 Å². The van der Waals surface area contributed by atoms with Crippen molar-refractivity contribution in [2.45, 2.75) is 5.16 Å². The van der Waals surface area contributed by atoms with Crippen LogP contribution in [0.1, 0.15) is 0 Å². The van der Waals surface area contributed by atoms with Crippen LogP contribution in [0, 0.1) is 0 Å². The van der Waals surface area contributed by atoms with Crippen molar-refractivity contribution in [3.8, 4) is 16.8 Å². The highest BCUT2D eigenvalue weighted by Gasteiger charge is 2.16. The second-order valence-corrected chi connectivity index (χ2v) is 6.14. The molecule has 24 heavy (non-hydrogen) atoms. The molecule has 2 heterocycles. The molecule has 0 saturated carbocycles. The van der Waals surface area contributed by atoms with Gasteiger partial charge in [0.2, 0.25) is 0 Å². The molecule has 5 heteroatoms. The molecule has 0 unspecified atom stereocenters. The van der Waals surface area contributed by atoms with Crippen LogP contribution in [0.25, 0.3) is 27.8 Å². The highest BCUT2D eigenvalue weighted by Crippen LogP contribution is 2.27. The van der Waals surface area contributed by atoms with E-state index in [1.54, 1.807) is 4.57 Å². The Morgan fingerprint density at radius 1 is 1.00 bits per heavy atom. The molecule has 118 valence electrons. The summed E-state index contributed by atoms with van der Waals surface area (Å²) in [4.78, 5) is 20.9. The lowest BCUT2D eigenvalue weighted by molar-refractivity contribution is 0.820. The third kappa shape index (κ3) is 2.34. The van der Waals surface area contributed by atoms with Crippen LogP contribution in [-0.2, 0) is 0 Å². The van der Waals surface area contributed by atoms with Gasteiger partial charge in [-0.2, -0.15) is 0 Å². The van der Waals surface area contributed by atoms with Crippen molar-refractivity contribution in [3.05, 3.63) is 77.2 Å². The van der Waals surface area contributed by atoms with Crippen molar-refractivity contribution in [3.63, 3.8) is 0 Å². The lowest BCUT2D eigenvalue weighted by Crippen LogP contribution is -2.21. The van der Waals surface area contributed by atoms with Crippen molar-refractivity contribution in [1.29, 1.82) is 0 Å². The van der Waals surface area contributed by atoms with Crippen LogP contribution in [-0.4, -0.2) is 20.8 Å². The Bertz CT molecular complexity index is 1050. The molecule has 4 aromatic rings. The standard InChI is InChI=1S/C19H15N3OS/c1-24-19-21-16-15(13-8-4-2-5-9-13)12-20-17(16)18(23)22(19)14-10-6-3-7-11-14/h2-12,20H,1H3. The largest absolute Gasteiger partial charge is 0.355 e. The van der Waals surface area contributed by atoms with Gasteiger partial charge in [0.05, 0.1) is 5.69 Å². The first kappa shape index (κ1) is 14.8. The van der Waals surface area contributed by atoms with Crippen LogP contribution >= 0.6 is 11.8 Å².